The first-order valence-corrected chi connectivity index (χ1v) is 9.43. The second-order valence-corrected chi connectivity index (χ2v) is 6.52. The zero-order valence-corrected chi connectivity index (χ0v) is 15.1. The number of carbonyl (C=O) groups is 2. The van der Waals surface area contributed by atoms with Crippen molar-refractivity contribution in [3.05, 3.63) is 0 Å². The molecule has 1 saturated heterocycles. The number of rotatable bonds is 12. The lowest BCUT2D eigenvalue weighted by atomic mass is 10.0. The van der Waals surface area contributed by atoms with Crippen molar-refractivity contribution < 1.29 is 19.4 Å². The molecule has 0 aromatic carbocycles. The summed E-state index contributed by atoms with van der Waals surface area (Å²) in [5, 5.41) is 12.6. The van der Waals surface area contributed by atoms with Crippen molar-refractivity contribution in [2.75, 3.05) is 32.8 Å². The largest absolute Gasteiger partial charge is 0.393 e. The summed E-state index contributed by atoms with van der Waals surface area (Å²) in [5.41, 5.74) is 0. The molecule has 1 rings (SSSR count). The lowest BCUT2D eigenvalue weighted by molar-refractivity contribution is -0.136. The maximum atomic E-state index is 11.9. The topological polar surface area (TPSA) is 78.9 Å². The highest BCUT2D eigenvalue weighted by molar-refractivity contribution is 5.84. The lowest BCUT2D eigenvalue weighted by Gasteiger charge is -2.26. The Morgan fingerprint density at radius 3 is 2.46 bits per heavy atom. The van der Waals surface area contributed by atoms with E-state index in [9.17, 15) is 14.7 Å². The van der Waals surface area contributed by atoms with E-state index < -0.39 is 6.10 Å². The van der Waals surface area contributed by atoms with Crippen LogP contribution in [0.5, 0.6) is 0 Å². The number of hydrogen-bond acceptors (Lipinski definition) is 4. The van der Waals surface area contributed by atoms with Gasteiger partial charge in [-0.25, -0.2) is 0 Å². The van der Waals surface area contributed by atoms with Gasteiger partial charge in [0.1, 0.15) is 0 Å². The van der Waals surface area contributed by atoms with Gasteiger partial charge in [-0.05, 0) is 12.8 Å². The van der Waals surface area contributed by atoms with Crippen LogP contribution in [-0.4, -0.2) is 60.8 Å². The van der Waals surface area contributed by atoms with E-state index in [0.29, 0.717) is 32.7 Å². The van der Waals surface area contributed by atoms with Crippen molar-refractivity contribution in [2.24, 2.45) is 0 Å². The molecule has 0 aromatic rings. The van der Waals surface area contributed by atoms with Gasteiger partial charge < -0.3 is 20.1 Å². The fourth-order valence-electron chi connectivity index (χ4n) is 2.79. The van der Waals surface area contributed by atoms with E-state index in [4.69, 9.17) is 4.74 Å². The number of aliphatic hydroxyl groups is 1. The van der Waals surface area contributed by atoms with E-state index in [1.807, 2.05) is 0 Å². The predicted octanol–water partition coefficient (Wildman–Crippen LogP) is 1.85. The molecule has 0 unspecified atom stereocenters. The maximum absolute atomic E-state index is 11.9. The Hall–Kier alpha value is -1.14. The average Bonchev–Trinajstić information content (AvgIpc) is 2.61. The van der Waals surface area contributed by atoms with Gasteiger partial charge in [-0.1, -0.05) is 45.4 Å². The zero-order valence-electron chi connectivity index (χ0n) is 15.1. The second kappa shape index (κ2) is 13.2. The van der Waals surface area contributed by atoms with Crippen molar-refractivity contribution >= 4 is 11.8 Å². The number of unbranched alkanes of at least 4 members (excludes halogenated alkanes) is 5. The molecule has 0 bridgehead atoms. The number of morpholine rings is 1. The molecule has 6 nitrogen and oxygen atoms in total. The van der Waals surface area contributed by atoms with Crippen LogP contribution in [0.25, 0.3) is 0 Å². The lowest BCUT2D eigenvalue weighted by Crippen LogP contribution is -2.45. The first-order chi connectivity index (χ1) is 11.6. The van der Waals surface area contributed by atoms with Crippen molar-refractivity contribution in [1.29, 1.82) is 0 Å². The van der Waals surface area contributed by atoms with Crippen LogP contribution in [0.15, 0.2) is 0 Å². The summed E-state index contributed by atoms with van der Waals surface area (Å²) in [4.78, 5) is 25.4. The van der Waals surface area contributed by atoms with Crippen molar-refractivity contribution in [2.45, 2.75) is 70.8 Å². The van der Waals surface area contributed by atoms with E-state index in [1.165, 1.54) is 25.7 Å². The van der Waals surface area contributed by atoms with Crippen LogP contribution in [0.2, 0.25) is 0 Å². The third kappa shape index (κ3) is 9.88. The molecule has 1 aliphatic heterocycles. The summed E-state index contributed by atoms with van der Waals surface area (Å²) in [7, 11) is 0. The molecule has 0 aromatic heterocycles. The van der Waals surface area contributed by atoms with Gasteiger partial charge in [-0.15, -0.1) is 0 Å². The number of hydrogen-bond donors (Lipinski definition) is 2. The first kappa shape index (κ1) is 20.9. The van der Waals surface area contributed by atoms with Gasteiger partial charge in [-0.2, -0.15) is 0 Å². The highest BCUT2D eigenvalue weighted by Crippen LogP contribution is 2.11. The van der Waals surface area contributed by atoms with Crippen molar-refractivity contribution in [3.8, 4) is 0 Å². The van der Waals surface area contributed by atoms with Gasteiger partial charge in [-0.3, -0.25) is 9.59 Å². The molecule has 0 saturated carbocycles. The van der Waals surface area contributed by atoms with Gasteiger partial charge in [0, 0.05) is 19.5 Å². The van der Waals surface area contributed by atoms with Crippen LogP contribution in [0.1, 0.15) is 64.7 Å². The van der Waals surface area contributed by atoms with Crippen LogP contribution in [-0.2, 0) is 14.3 Å². The molecule has 0 radical (unpaired) electrons. The second-order valence-electron chi connectivity index (χ2n) is 6.52. The Bertz CT molecular complexity index is 357. The van der Waals surface area contributed by atoms with Crippen LogP contribution in [0, 0.1) is 0 Å². The molecular weight excluding hydrogens is 308 g/mol. The van der Waals surface area contributed by atoms with Crippen LogP contribution >= 0.6 is 0 Å². The standard InChI is InChI=1S/C18H34N2O4/c1-2-3-4-5-6-7-8-16(21)9-10-17(22)19-15-18(23)20-11-13-24-14-12-20/h16,21H,2-15H2,1H3,(H,19,22)/t16-/m1/s1. The summed E-state index contributed by atoms with van der Waals surface area (Å²) in [6.45, 7) is 4.53. The number of aliphatic hydroxyl groups excluding tert-OH is 1. The normalized spacial score (nSPS) is 16.0. The van der Waals surface area contributed by atoms with E-state index in [-0.39, 0.29) is 24.8 Å². The minimum atomic E-state index is -0.420. The molecule has 0 spiro atoms. The molecule has 1 aliphatic rings. The highest BCUT2D eigenvalue weighted by atomic mass is 16.5. The monoisotopic (exact) mass is 342 g/mol. The van der Waals surface area contributed by atoms with Crippen LogP contribution < -0.4 is 5.32 Å². The smallest absolute Gasteiger partial charge is 0.242 e. The Kier molecular flexibility index (Phi) is 11.5. The molecule has 24 heavy (non-hydrogen) atoms. The van der Waals surface area contributed by atoms with Crippen molar-refractivity contribution in [1.82, 2.24) is 10.2 Å². The third-order valence-corrected chi connectivity index (χ3v) is 4.40. The van der Waals surface area contributed by atoms with Gasteiger partial charge in [0.2, 0.25) is 11.8 Å². The fraction of sp³-hybridized carbons (Fsp3) is 0.889. The first-order valence-electron chi connectivity index (χ1n) is 9.43. The fourth-order valence-corrected chi connectivity index (χ4v) is 2.79. The van der Waals surface area contributed by atoms with Gasteiger partial charge >= 0.3 is 0 Å². The number of carbonyl (C=O) groups excluding carboxylic acids is 2. The summed E-state index contributed by atoms with van der Waals surface area (Å²) >= 11 is 0. The summed E-state index contributed by atoms with van der Waals surface area (Å²) in [6, 6.07) is 0. The molecule has 0 aliphatic carbocycles. The SMILES string of the molecule is CCCCCCCC[C@@H](O)CCC(=O)NCC(=O)N1CCOCC1. The average molecular weight is 342 g/mol. The Labute approximate surface area is 145 Å². The highest BCUT2D eigenvalue weighted by Gasteiger charge is 2.17. The van der Waals surface area contributed by atoms with Crippen molar-refractivity contribution in [3.63, 3.8) is 0 Å². The van der Waals surface area contributed by atoms with E-state index in [0.717, 1.165) is 19.3 Å². The van der Waals surface area contributed by atoms with E-state index in [1.54, 1.807) is 4.90 Å². The predicted molar refractivity (Wildman–Crippen MR) is 93.6 cm³/mol. The van der Waals surface area contributed by atoms with Gasteiger partial charge in [0.05, 0.1) is 25.9 Å². The van der Waals surface area contributed by atoms with E-state index in [2.05, 4.69) is 12.2 Å². The number of nitrogens with one attached hydrogen (secondary N) is 1. The molecule has 140 valence electrons. The molecule has 1 fully saturated rings. The Balaban J connectivity index is 2.00. The maximum Gasteiger partial charge on any atom is 0.242 e. The quantitative estimate of drug-likeness (QED) is 0.531. The molecule has 1 atom stereocenters. The molecule has 6 heteroatoms. The molecule has 2 N–H and O–H groups in total. The summed E-state index contributed by atoms with van der Waals surface area (Å²) in [6.07, 6.45) is 8.26. The number of nitrogens with zero attached hydrogens (tertiary/aromatic N) is 1. The summed E-state index contributed by atoms with van der Waals surface area (Å²) < 4.78 is 5.19. The molecule has 2 amide bonds. The minimum Gasteiger partial charge on any atom is -0.393 e. The van der Waals surface area contributed by atoms with Gasteiger partial charge in [0.15, 0.2) is 0 Å². The van der Waals surface area contributed by atoms with Gasteiger partial charge in [0.25, 0.3) is 0 Å². The third-order valence-electron chi connectivity index (χ3n) is 4.40. The Morgan fingerprint density at radius 2 is 1.75 bits per heavy atom. The number of ether oxygens (including phenoxy) is 1. The Morgan fingerprint density at radius 1 is 1.08 bits per heavy atom. The van der Waals surface area contributed by atoms with Crippen LogP contribution in [0.4, 0.5) is 0 Å². The minimum absolute atomic E-state index is 0.0341. The zero-order chi connectivity index (χ0) is 17.6. The molecular formula is C18H34N2O4. The number of amides is 2. The summed E-state index contributed by atoms with van der Waals surface area (Å²) in [5.74, 6) is -0.238. The molecule has 1 heterocycles. The van der Waals surface area contributed by atoms with E-state index >= 15 is 0 Å². The van der Waals surface area contributed by atoms with Crippen LogP contribution in [0.3, 0.4) is 0 Å².